The van der Waals surface area contributed by atoms with Crippen molar-refractivity contribution in [2.24, 2.45) is 21.9 Å². The molecule has 0 aromatic carbocycles. The van der Waals surface area contributed by atoms with Crippen LogP contribution in [-0.4, -0.2) is 46.5 Å². The van der Waals surface area contributed by atoms with Gasteiger partial charge < -0.3 is 0 Å². The first kappa shape index (κ1) is 32.0. The molecule has 216 valence electrons. The Kier molecular flexibility index (Phi) is 19.7. The fraction of sp³-hybridized carbons (Fsp3) is 0.929. The Morgan fingerprint density at radius 3 is 1.08 bits per heavy atom. The van der Waals surface area contributed by atoms with E-state index in [1.807, 2.05) is 0 Å². The van der Waals surface area contributed by atoms with Gasteiger partial charge in [0, 0.05) is 12.8 Å². The summed E-state index contributed by atoms with van der Waals surface area (Å²) in [6.45, 7) is 1.31. The van der Waals surface area contributed by atoms with E-state index in [9.17, 15) is 0 Å². The lowest BCUT2D eigenvalue weighted by atomic mass is 10.1. The first-order valence-corrected chi connectivity index (χ1v) is 16.6. The van der Waals surface area contributed by atoms with E-state index in [-0.39, 0.29) is 0 Å². The molecule has 0 atom stereocenters. The molecule has 0 bridgehead atoms. The molecule has 8 nitrogen and oxygen atoms in total. The van der Waals surface area contributed by atoms with E-state index in [4.69, 9.17) is 11.7 Å². The molecular formula is C28H58N8S. The van der Waals surface area contributed by atoms with Gasteiger partial charge in [-0.3, -0.25) is 20.9 Å². The highest BCUT2D eigenvalue weighted by Gasteiger charge is 2.12. The van der Waals surface area contributed by atoms with Crippen LogP contribution in [-0.2, 0) is 0 Å². The number of thioether (sulfide) groups is 1. The molecule has 2 aliphatic heterocycles. The number of hydrazone groups is 2. The molecule has 0 amide bonds. The smallest absolute Gasteiger partial charge is 0.140 e. The minimum absolute atomic E-state index is 0.655. The lowest BCUT2D eigenvalue weighted by Crippen LogP contribution is -2.35. The molecule has 2 heterocycles. The summed E-state index contributed by atoms with van der Waals surface area (Å²) < 4.78 is 0. The number of nitrogens with one attached hydrogen (secondary N) is 2. The maximum atomic E-state index is 5.82. The van der Waals surface area contributed by atoms with Crippen molar-refractivity contribution in [1.29, 1.82) is 0 Å². The van der Waals surface area contributed by atoms with Crippen molar-refractivity contribution in [2.75, 3.05) is 24.8 Å². The summed E-state index contributed by atoms with van der Waals surface area (Å²) in [6.07, 6.45) is 29.5. The standard InChI is InChI=1S/C28H58N8S/c29-35-25-31-33-27(35)21-17-13-9-5-1-3-7-11-15-19-23-37-24-20-16-12-8-4-2-6-10-14-18-22-28-34-32-26-36(28)30/h31-32H,1-26,29-30H2. The number of amidine groups is 2. The fourth-order valence-corrected chi connectivity index (χ4v) is 6.04. The predicted molar refractivity (Wildman–Crippen MR) is 162 cm³/mol. The summed E-state index contributed by atoms with van der Waals surface area (Å²) in [5.74, 6) is 16.4. The second-order valence-corrected chi connectivity index (χ2v) is 12.0. The van der Waals surface area contributed by atoms with Crippen LogP contribution in [0.5, 0.6) is 0 Å². The second-order valence-electron chi connectivity index (χ2n) is 10.8. The SMILES string of the molecule is NN1CNN=C1CCCCCCCCCCCCSCCCCCCCCCCCCC1=NNCN1N. The van der Waals surface area contributed by atoms with Gasteiger partial charge in [0.15, 0.2) is 0 Å². The van der Waals surface area contributed by atoms with Gasteiger partial charge in [-0.15, -0.1) is 0 Å². The molecule has 9 heteroatoms. The average molecular weight is 539 g/mol. The quantitative estimate of drug-likeness (QED) is 0.0745. The molecule has 0 fully saturated rings. The van der Waals surface area contributed by atoms with Crippen LogP contribution in [0.1, 0.15) is 141 Å². The van der Waals surface area contributed by atoms with Crippen LogP contribution >= 0.6 is 11.8 Å². The highest BCUT2D eigenvalue weighted by atomic mass is 32.2. The molecule has 0 saturated heterocycles. The van der Waals surface area contributed by atoms with Gasteiger partial charge in [0.2, 0.25) is 0 Å². The van der Waals surface area contributed by atoms with Gasteiger partial charge in [-0.2, -0.15) is 22.0 Å². The fourth-order valence-electron chi connectivity index (χ4n) is 5.02. The van der Waals surface area contributed by atoms with Gasteiger partial charge in [0.1, 0.15) is 25.0 Å². The van der Waals surface area contributed by atoms with Crippen molar-refractivity contribution >= 4 is 23.4 Å². The number of nitrogens with two attached hydrogens (primary N) is 2. The van der Waals surface area contributed by atoms with Crippen molar-refractivity contribution in [3.63, 3.8) is 0 Å². The Hall–Kier alpha value is -1.19. The van der Waals surface area contributed by atoms with Crippen LogP contribution in [0.25, 0.3) is 0 Å². The van der Waals surface area contributed by atoms with Gasteiger partial charge in [0.25, 0.3) is 0 Å². The Morgan fingerprint density at radius 2 is 0.784 bits per heavy atom. The third-order valence-electron chi connectivity index (χ3n) is 7.44. The summed E-state index contributed by atoms with van der Waals surface area (Å²) in [4.78, 5) is 0. The highest BCUT2D eigenvalue weighted by molar-refractivity contribution is 7.99. The summed E-state index contributed by atoms with van der Waals surface area (Å²) in [5, 5.41) is 11.9. The third kappa shape index (κ3) is 17.1. The Balaban J connectivity index is 1.16. The average Bonchev–Trinajstić information content (AvgIpc) is 3.51. The molecule has 0 spiro atoms. The summed E-state index contributed by atoms with van der Waals surface area (Å²) in [5.41, 5.74) is 5.85. The van der Waals surface area contributed by atoms with E-state index in [1.165, 1.54) is 140 Å². The minimum Gasteiger partial charge on any atom is -0.287 e. The molecule has 0 saturated carbocycles. The Morgan fingerprint density at radius 1 is 0.486 bits per heavy atom. The van der Waals surface area contributed by atoms with E-state index in [0.717, 1.165) is 24.5 Å². The van der Waals surface area contributed by atoms with Crippen LogP contribution in [0.15, 0.2) is 10.2 Å². The molecule has 0 unspecified atom stereocenters. The normalized spacial score (nSPS) is 15.2. The van der Waals surface area contributed by atoms with Crippen molar-refractivity contribution < 1.29 is 0 Å². The largest absolute Gasteiger partial charge is 0.287 e. The molecule has 0 aliphatic carbocycles. The Bertz CT molecular complexity index is 551. The van der Waals surface area contributed by atoms with E-state index < -0.39 is 0 Å². The highest BCUT2D eigenvalue weighted by Crippen LogP contribution is 2.16. The maximum absolute atomic E-state index is 5.82. The number of nitrogens with zero attached hydrogens (tertiary/aromatic N) is 4. The van der Waals surface area contributed by atoms with Gasteiger partial charge in [-0.25, -0.2) is 11.7 Å². The monoisotopic (exact) mass is 538 g/mol. The third-order valence-corrected chi connectivity index (χ3v) is 8.59. The molecule has 6 N–H and O–H groups in total. The van der Waals surface area contributed by atoms with Crippen LogP contribution in [0.3, 0.4) is 0 Å². The van der Waals surface area contributed by atoms with E-state index in [1.54, 1.807) is 10.0 Å². The van der Waals surface area contributed by atoms with Crippen molar-refractivity contribution in [2.45, 2.75) is 141 Å². The zero-order valence-corrected chi connectivity index (χ0v) is 24.6. The van der Waals surface area contributed by atoms with Crippen molar-refractivity contribution in [3.8, 4) is 0 Å². The molecule has 2 rings (SSSR count). The van der Waals surface area contributed by atoms with Crippen LogP contribution < -0.4 is 22.5 Å². The number of rotatable bonds is 26. The minimum atomic E-state index is 0.655. The lowest BCUT2D eigenvalue weighted by molar-refractivity contribution is 0.436. The van der Waals surface area contributed by atoms with Crippen LogP contribution in [0, 0.1) is 0 Å². The van der Waals surface area contributed by atoms with E-state index in [2.05, 4.69) is 32.8 Å². The topological polar surface area (TPSA) is 107 Å². The predicted octanol–water partition coefficient (Wildman–Crippen LogP) is 6.40. The summed E-state index contributed by atoms with van der Waals surface area (Å²) >= 11 is 2.18. The van der Waals surface area contributed by atoms with Crippen molar-refractivity contribution in [1.82, 2.24) is 20.9 Å². The Labute approximate surface area is 232 Å². The first-order chi connectivity index (χ1) is 18.3. The number of hydrogen-bond acceptors (Lipinski definition) is 9. The van der Waals surface area contributed by atoms with Gasteiger partial charge in [-0.1, -0.05) is 103 Å². The second kappa shape index (κ2) is 22.8. The molecule has 0 aromatic rings. The summed E-state index contributed by atoms with van der Waals surface area (Å²) in [7, 11) is 0. The van der Waals surface area contributed by atoms with Crippen molar-refractivity contribution in [3.05, 3.63) is 0 Å². The first-order valence-electron chi connectivity index (χ1n) is 15.5. The van der Waals surface area contributed by atoms with Crippen LogP contribution in [0.2, 0.25) is 0 Å². The van der Waals surface area contributed by atoms with Gasteiger partial charge in [-0.05, 0) is 37.2 Å². The number of unbranched alkanes of at least 4 members (excludes halogenated alkanes) is 18. The molecule has 0 radical (unpaired) electrons. The van der Waals surface area contributed by atoms with Crippen LogP contribution in [0.4, 0.5) is 0 Å². The number of hydrogen-bond donors (Lipinski definition) is 4. The lowest BCUT2D eigenvalue weighted by Gasteiger charge is -2.10. The van der Waals surface area contributed by atoms with E-state index >= 15 is 0 Å². The van der Waals surface area contributed by atoms with Gasteiger partial charge in [0.05, 0.1) is 0 Å². The zero-order chi connectivity index (χ0) is 26.2. The number of hydrazine groups is 2. The zero-order valence-electron chi connectivity index (χ0n) is 23.7. The van der Waals surface area contributed by atoms with E-state index in [0.29, 0.717) is 13.3 Å². The molecule has 37 heavy (non-hydrogen) atoms. The molecule has 2 aliphatic rings. The van der Waals surface area contributed by atoms with Gasteiger partial charge >= 0.3 is 0 Å². The summed E-state index contributed by atoms with van der Waals surface area (Å²) in [6, 6.07) is 0. The maximum Gasteiger partial charge on any atom is 0.140 e. The molecule has 0 aromatic heterocycles. The molecular weight excluding hydrogens is 480 g/mol.